The van der Waals surface area contributed by atoms with Crippen LogP contribution in [0.5, 0.6) is 0 Å². The molecule has 5 heteroatoms. The van der Waals surface area contributed by atoms with E-state index in [0.29, 0.717) is 9.69 Å². The first kappa shape index (κ1) is 13.7. The fourth-order valence-electron chi connectivity index (χ4n) is 1.35. The lowest BCUT2D eigenvalue weighted by Gasteiger charge is -1.97. The summed E-state index contributed by atoms with van der Waals surface area (Å²) in [6.45, 7) is 0.225. The first-order valence-electron chi connectivity index (χ1n) is 5.44. The number of benzene rings is 1. The zero-order chi connectivity index (χ0) is 13.7. The van der Waals surface area contributed by atoms with Crippen LogP contribution in [0.4, 0.5) is 0 Å². The van der Waals surface area contributed by atoms with Crippen LogP contribution in [0.25, 0.3) is 0 Å². The van der Waals surface area contributed by atoms with E-state index in [1.54, 1.807) is 18.2 Å². The topological polar surface area (TPSA) is 42.2 Å². The van der Waals surface area contributed by atoms with Gasteiger partial charge in [-0.3, -0.25) is 4.79 Å². The Labute approximate surface area is 124 Å². The highest BCUT2D eigenvalue weighted by Gasteiger charge is 2.08. The molecule has 0 aliphatic heterocycles. The minimum atomic E-state index is -0.306. The van der Waals surface area contributed by atoms with Gasteiger partial charge in [-0.25, -0.2) is 0 Å². The maximum atomic E-state index is 11.6. The van der Waals surface area contributed by atoms with Crippen LogP contribution in [0.2, 0.25) is 5.02 Å². The highest BCUT2D eigenvalue weighted by Crippen LogP contribution is 2.14. The second kappa shape index (κ2) is 6.46. The van der Waals surface area contributed by atoms with Gasteiger partial charge in [0, 0.05) is 5.56 Å². The summed E-state index contributed by atoms with van der Waals surface area (Å²) in [5.41, 5.74) is 0.735. The summed E-state index contributed by atoms with van der Waals surface area (Å²) >= 11 is 9.09. The summed E-state index contributed by atoms with van der Waals surface area (Å²) < 4.78 is 5.63. The molecular formula is C14H9BrClNO2. The van der Waals surface area contributed by atoms with Crippen molar-refractivity contribution in [3.63, 3.8) is 0 Å². The summed E-state index contributed by atoms with van der Waals surface area (Å²) in [6.07, 6.45) is 0. The number of hydrogen-bond donors (Lipinski definition) is 1. The molecule has 0 aliphatic rings. The Kier molecular flexibility index (Phi) is 4.67. The second-order valence-corrected chi connectivity index (χ2v) is 4.76. The Morgan fingerprint density at radius 2 is 2.11 bits per heavy atom. The predicted octanol–water partition coefficient (Wildman–Crippen LogP) is 3.48. The molecule has 1 heterocycles. The van der Waals surface area contributed by atoms with Crippen LogP contribution in [0, 0.1) is 11.8 Å². The third kappa shape index (κ3) is 3.88. The van der Waals surface area contributed by atoms with Gasteiger partial charge in [-0.15, -0.1) is 0 Å². The minimum Gasteiger partial charge on any atom is -0.444 e. The van der Waals surface area contributed by atoms with Gasteiger partial charge in [0.1, 0.15) is 0 Å². The molecule has 0 fully saturated rings. The highest BCUT2D eigenvalue weighted by atomic mass is 79.9. The lowest BCUT2D eigenvalue weighted by molar-refractivity contribution is 0.0930. The Bertz CT molecular complexity index is 655. The van der Waals surface area contributed by atoms with Crippen LogP contribution in [0.1, 0.15) is 16.1 Å². The van der Waals surface area contributed by atoms with Crippen molar-refractivity contribution in [2.75, 3.05) is 6.54 Å². The third-order valence-corrected chi connectivity index (χ3v) is 2.99. The highest BCUT2D eigenvalue weighted by molar-refractivity contribution is 9.10. The first-order chi connectivity index (χ1) is 9.16. The van der Waals surface area contributed by atoms with E-state index in [-0.39, 0.29) is 18.2 Å². The molecule has 2 rings (SSSR count). The van der Waals surface area contributed by atoms with E-state index >= 15 is 0 Å². The molecule has 3 nitrogen and oxygen atoms in total. The molecule has 0 unspecified atom stereocenters. The zero-order valence-electron chi connectivity index (χ0n) is 9.74. The molecule has 1 N–H and O–H groups in total. The first-order valence-corrected chi connectivity index (χ1v) is 6.61. The largest absolute Gasteiger partial charge is 0.444 e. The van der Waals surface area contributed by atoms with E-state index in [9.17, 15) is 4.79 Å². The van der Waals surface area contributed by atoms with Gasteiger partial charge in [0.15, 0.2) is 10.4 Å². The van der Waals surface area contributed by atoms with Crippen molar-refractivity contribution in [2.45, 2.75) is 0 Å². The number of nitrogens with one attached hydrogen (secondary N) is 1. The van der Waals surface area contributed by atoms with Crippen molar-refractivity contribution in [3.05, 3.63) is 57.4 Å². The number of carbonyl (C=O) groups is 1. The molecule has 0 saturated heterocycles. The summed E-state index contributed by atoms with van der Waals surface area (Å²) in [7, 11) is 0. The molecule has 1 amide bonds. The van der Waals surface area contributed by atoms with Crippen molar-refractivity contribution in [2.24, 2.45) is 0 Å². The molecule has 0 atom stereocenters. The second-order valence-electron chi connectivity index (χ2n) is 3.57. The molecule has 1 aromatic carbocycles. The average Bonchev–Trinajstić information content (AvgIpc) is 2.83. The Balaban J connectivity index is 1.91. The fourth-order valence-corrected chi connectivity index (χ4v) is 1.84. The SMILES string of the molecule is O=C(NCC#Cc1ccccc1Cl)c1ccc(Br)o1. The van der Waals surface area contributed by atoms with Crippen LogP contribution in [-0.2, 0) is 0 Å². The molecule has 0 spiro atoms. The van der Waals surface area contributed by atoms with Crippen molar-refractivity contribution in [3.8, 4) is 11.8 Å². The number of hydrogen-bond acceptors (Lipinski definition) is 2. The number of carbonyl (C=O) groups excluding carboxylic acids is 1. The predicted molar refractivity (Wildman–Crippen MR) is 77.1 cm³/mol. The van der Waals surface area contributed by atoms with Gasteiger partial charge in [-0.1, -0.05) is 35.6 Å². The van der Waals surface area contributed by atoms with E-state index in [4.69, 9.17) is 16.0 Å². The number of halogens is 2. The van der Waals surface area contributed by atoms with Crippen LogP contribution in [0.3, 0.4) is 0 Å². The van der Waals surface area contributed by atoms with Crippen molar-refractivity contribution < 1.29 is 9.21 Å². The molecular weight excluding hydrogens is 330 g/mol. The van der Waals surface area contributed by atoms with Crippen LogP contribution >= 0.6 is 27.5 Å². The van der Waals surface area contributed by atoms with Crippen LogP contribution in [-0.4, -0.2) is 12.5 Å². The number of furan rings is 1. The standard InChI is InChI=1S/C14H9BrClNO2/c15-13-8-7-12(19-13)14(18)17-9-3-5-10-4-1-2-6-11(10)16/h1-2,4,6-8H,9H2,(H,17,18). The molecule has 2 aromatic rings. The van der Waals surface area contributed by atoms with E-state index in [2.05, 4.69) is 33.1 Å². The molecule has 0 radical (unpaired) electrons. The average molecular weight is 339 g/mol. The van der Waals surface area contributed by atoms with Crippen LogP contribution in [0.15, 0.2) is 45.5 Å². The van der Waals surface area contributed by atoms with Gasteiger partial charge in [0.05, 0.1) is 11.6 Å². The maximum Gasteiger partial charge on any atom is 0.287 e. The molecule has 0 aliphatic carbocycles. The normalized spacial score (nSPS) is 9.58. The van der Waals surface area contributed by atoms with Gasteiger partial charge >= 0.3 is 0 Å². The van der Waals surface area contributed by atoms with Gasteiger partial charge in [0.2, 0.25) is 0 Å². The van der Waals surface area contributed by atoms with Crippen LogP contribution < -0.4 is 5.32 Å². The summed E-state index contributed by atoms with van der Waals surface area (Å²) in [4.78, 5) is 11.6. The van der Waals surface area contributed by atoms with E-state index < -0.39 is 0 Å². The summed E-state index contributed by atoms with van der Waals surface area (Å²) in [6, 6.07) is 10.5. The Morgan fingerprint density at radius 3 is 2.79 bits per heavy atom. The lowest BCUT2D eigenvalue weighted by Crippen LogP contribution is -2.22. The van der Waals surface area contributed by atoms with Gasteiger partial charge < -0.3 is 9.73 Å². The molecule has 1 aromatic heterocycles. The molecule has 19 heavy (non-hydrogen) atoms. The quantitative estimate of drug-likeness (QED) is 0.852. The van der Waals surface area contributed by atoms with E-state index in [0.717, 1.165) is 5.56 Å². The van der Waals surface area contributed by atoms with E-state index in [1.807, 2.05) is 18.2 Å². The minimum absolute atomic E-state index is 0.225. The number of amides is 1. The van der Waals surface area contributed by atoms with Gasteiger partial charge in [-0.2, -0.15) is 0 Å². The monoisotopic (exact) mass is 337 g/mol. The summed E-state index contributed by atoms with van der Waals surface area (Å²) in [5.74, 6) is 5.65. The Hall–Kier alpha value is -1.70. The Morgan fingerprint density at radius 1 is 1.32 bits per heavy atom. The van der Waals surface area contributed by atoms with Crippen molar-refractivity contribution >= 4 is 33.4 Å². The molecule has 0 bridgehead atoms. The van der Waals surface area contributed by atoms with Gasteiger partial charge in [-0.05, 0) is 40.2 Å². The van der Waals surface area contributed by atoms with Crippen molar-refractivity contribution in [1.29, 1.82) is 0 Å². The summed E-state index contributed by atoms with van der Waals surface area (Å²) in [5, 5.41) is 3.23. The van der Waals surface area contributed by atoms with Gasteiger partial charge in [0.25, 0.3) is 5.91 Å². The third-order valence-electron chi connectivity index (χ3n) is 2.23. The smallest absolute Gasteiger partial charge is 0.287 e. The van der Waals surface area contributed by atoms with Crippen molar-refractivity contribution in [1.82, 2.24) is 5.32 Å². The maximum absolute atomic E-state index is 11.6. The fraction of sp³-hybridized carbons (Fsp3) is 0.0714. The van der Waals surface area contributed by atoms with E-state index in [1.165, 1.54) is 0 Å². The molecule has 0 saturated carbocycles. The number of rotatable bonds is 2. The lowest BCUT2D eigenvalue weighted by atomic mass is 10.2. The molecule has 96 valence electrons. The zero-order valence-corrected chi connectivity index (χ0v) is 12.1.